The van der Waals surface area contributed by atoms with Crippen molar-refractivity contribution in [2.75, 3.05) is 0 Å². The third kappa shape index (κ3) is 3.31. The van der Waals surface area contributed by atoms with E-state index in [4.69, 9.17) is 10.2 Å². The zero-order chi connectivity index (χ0) is 10.9. The largest absolute Gasteiger partial charge is 0.481 e. The Balaban J connectivity index is 0. The van der Waals surface area contributed by atoms with Gasteiger partial charge in [0.2, 0.25) is 0 Å². The van der Waals surface area contributed by atoms with Gasteiger partial charge in [0, 0.05) is 17.1 Å². The SMILES string of the molecule is CC(C)(CC(=O)O)C(C)(C)C(=O)O.[Mn]. The molecule has 5 heteroatoms. The summed E-state index contributed by atoms with van der Waals surface area (Å²) in [5.74, 6) is -1.95. The van der Waals surface area contributed by atoms with E-state index in [1.54, 1.807) is 13.8 Å². The molecular weight excluding hydrogens is 227 g/mol. The third-order valence-corrected chi connectivity index (χ3v) is 2.82. The Kier molecular flexibility index (Phi) is 5.46. The Morgan fingerprint density at radius 2 is 1.43 bits per heavy atom. The van der Waals surface area contributed by atoms with Crippen LogP contribution in [0.3, 0.4) is 0 Å². The molecule has 0 aromatic heterocycles. The first-order valence-corrected chi connectivity index (χ1v) is 4.06. The topological polar surface area (TPSA) is 74.6 Å². The van der Waals surface area contributed by atoms with Gasteiger partial charge in [0.15, 0.2) is 0 Å². The molecule has 0 heterocycles. The molecular formula is C9H16MnO4. The Morgan fingerprint density at radius 1 is 1.07 bits per heavy atom. The summed E-state index contributed by atoms with van der Waals surface area (Å²) in [6.45, 7) is 6.38. The van der Waals surface area contributed by atoms with Gasteiger partial charge in [-0.2, -0.15) is 0 Å². The minimum atomic E-state index is -1.04. The molecule has 0 aliphatic heterocycles. The van der Waals surface area contributed by atoms with Gasteiger partial charge in [0.05, 0.1) is 11.8 Å². The van der Waals surface area contributed by atoms with Gasteiger partial charge in [-0.1, -0.05) is 13.8 Å². The molecule has 2 N–H and O–H groups in total. The summed E-state index contributed by atoms with van der Waals surface area (Å²) in [5, 5.41) is 17.5. The van der Waals surface area contributed by atoms with E-state index in [0.717, 1.165) is 0 Å². The number of carboxylic acid groups (broad SMARTS) is 2. The van der Waals surface area contributed by atoms with Gasteiger partial charge in [-0.05, 0) is 19.3 Å². The average Bonchev–Trinajstić information content (AvgIpc) is 1.83. The van der Waals surface area contributed by atoms with Crippen molar-refractivity contribution in [1.29, 1.82) is 0 Å². The molecule has 0 amide bonds. The average molecular weight is 243 g/mol. The van der Waals surface area contributed by atoms with Crippen LogP contribution in [-0.4, -0.2) is 22.2 Å². The quantitative estimate of drug-likeness (QED) is 0.735. The van der Waals surface area contributed by atoms with Crippen LogP contribution >= 0.6 is 0 Å². The van der Waals surface area contributed by atoms with E-state index in [9.17, 15) is 9.59 Å². The van der Waals surface area contributed by atoms with E-state index in [2.05, 4.69) is 0 Å². The second-order valence-electron chi connectivity index (χ2n) is 4.38. The predicted octanol–water partition coefficient (Wildman–Crippen LogP) is 1.60. The molecule has 0 saturated heterocycles. The summed E-state index contributed by atoms with van der Waals surface area (Å²) in [6.07, 6.45) is -0.147. The van der Waals surface area contributed by atoms with Crippen molar-refractivity contribution < 1.29 is 36.9 Å². The van der Waals surface area contributed by atoms with Crippen LogP contribution in [0, 0.1) is 10.8 Å². The van der Waals surface area contributed by atoms with Gasteiger partial charge >= 0.3 is 11.9 Å². The molecule has 0 atom stereocenters. The van der Waals surface area contributed by atoms with Crippen LogP contribution in [0.1, 0.15) is 34.1 Å². The fraction of sp³-hybridized carbons (Fsp3) is 0.778. The molecule has 0 rings (SSSR count). The number of carboxylic acids is 2. The molecule has 0 aromatic rings. The van der Waals surface area contributed by atoms with E-state index in [1.807, 2.05) is 0 Å². The smallest absolute Gasteiger partial charge is 0.309 e. The van der Waals surface area contributed by atoms with Crippen LogP contribution in [0.5, 0.6) is 0 Å². The van der Waals surface area contributed by atoms with Crippen molar-refractivity contribution >= 4 is 11.9 Å². The van der Waals surface area contributed by atoms with Crippen molar-refractivity contribution in [3.8, 4) is 0 Å². The molecule has 0 spiro atoms. The molecule has 14 heavy (non-hydrogen) atoms. The number of aliphatic carboxylic acids is 2. The Hall–Kier alpha value is -0.541. The Labute approximate surface area is 94.2 Å². The molecule has 0 aromatic carbocycles. The second-order valence-corrected chi connectivity index (χ2v) is 4.38. The first kappa shape index (κ1) is 15.9. The molecule has 1 radical (unpaired) electrons. The maximum absolute atomic E-state index is 10.9. The number of hydrogen-bond acceptors (Lipinski definition) is 2. The summed E-state index contributed by atoms with van der Waals surface area (Å²) < 4.78 is 0. The van der Waals surface area contributed by atoms with Crippen LogP contribution in [0.15, 0.2) is 0 Å². The molecule has 0 saturated carbocycles. The van der Waals surface area contributed by atoms with Gasteiger partial charge in [-0.15, -0.1) is 0 Å². The molecule has 4 nitrogen and oxygen atoms in total. The maximum Gasteiger partial charge on any atom is 0.309 e. The van der Waals surface area contributed by atoms with Crippen LogP contribution in [0.4, 0.5) is 0 Å². The predicted molar refractivity (Wildman–Crippen MR) is 47.5 cm³/mol. The number of carbonyl (C=O) groups is 2. The normalized spacial score (nSPS) is 11.7. The van der Waals surface area contributed by atoms with Gasteiger partial charge in [0.1, 0.15) is 0 Å². The fourth-order valence-electron chi connectivity index (χ4n) is 0.889. The molecule has 0 aliphatic rings. The molecule has 0 bridgehead atoms. The van der Waals surface area contributed by atoms with E-state index in [0.29, 0.717) is 0 Å². The molecule has 0 fully saturated rings. The summed E-state index contributed by atoms with van der Waals surface area (Å²) in [5.41, 5.74) is -1.80. The monoisotopic (exact) mass is 243 g/mol. The second kappa shape index (κ2) is 4.80. The zero-order valence-corrected chi connectivity index (χ0v) is 9.98. The van der Waals surface area contributed by atoms with Crippen LogP contribution in [0.25, 0.3) is 0 Å². The zero-order valence-electron chi connectivity index (χ0n) is 8.80. The van der Waals surface area contributed by atoms with Crippen molar-refractivity contribution in [2.24, 2.45) is 10.8 Å². The number of hydrogen-bond donors (Lipinski definition) is 2. The molecule has 0 aliphatic carbocycles. The summed E-state index contributed by atoms with van der Waals surface area (Å²) in [7, 11) is 0. The standard InChI is InChI=1S/C9H16O4.Mn/c1-8(2,5-6(10)11)9(3,4)7(12)13;/h5H2,1-4H3,(H,10,11)(H,12,13);. The molecule has 0 unspecified atom stereocenters. The van der Waals surface area contributed by atoms with E-state index in [1.165, 1.54) is 13.8 Å². The van der Waals surface area contributed by atoms with Crippen molar-refractivity contribution in [1.82, 2.24) is 0 Å². The Bertz CT molecular complexity index is 233. The van der Waals surface area contributed by atoms with Crippen LogP contribution in [0.2, 0.25) is 0 Å². The van der Waals surface area contributed by atoms with Crippen molar-refractivity contribution in [2.45, 2.75) is 34.1 Å². The van der Waals surface area contributed by atoms with Crippen molar-refractivity contribution in [3.05, 3.63) is 0 Å². The molecule has 83 valence electrons. The van der Waals surface area contributed by atoms with Crippen LogP contribution < -0.4 is 0 Å². The fourth-order valence-corrected chi connectivity index (χ4v) is 0.889. The maximum atomic E-state index is 10.9. The minimum absolute atomic E-state index is 0. The van der Waals surface area contributed by atoms with E-state index < -0.39 is 22.8 Å². The Morgan fingerprint density at radius 3 is 1.64 bits per heavy atom. The number of rotatable bonds is 4. The first-order chi connectivity index (χ1) is 5.61. The van der Waals surface area contributed by atoms with E-state index >= 15 is 0 Å². The van der Waals surface area contributed by atoms with E-state index in [-0.39, 0.29) is 23.5 Å². The first-order valence-electron chi connectivity index (χ1n) is 4.06. The van der Waals surface area contributed by atoms with Gasteiger partial charge in [-0.25, -0.2) is 0 Å². The third-order valence-electron chi connectivity index (χ3n) is 2.82. The van der Waals surface area contributed by atoms with Gasteiger partial charge < -0.3 is 10.2 Å². The van der Waals surface area contributed by atoms with Crippen LogP contribution in [-0.2, 0) is 26.7 Å². The summed E-state index contributed by atoms with van der Waals surface area (Å²) in [4.78, 5) is 21.3. The van der Waals surface area contributed by atoms with Gasteiger partial charge in [0.25, 0.3) is 0 Å². The summed E-state index contributed by atoms with van der Waals surface area (Å²) >= 11 is 0. The minimum Gasteiger partial charge on any atom is -0.481 e. The van der Waals surface area contributed by atoms with Gasteiger partial charge in [-0.3, -0.25) is 9.59 Å². The summed E-state index contributed by atoms with van der Waals surface area (Å²) in [6, 6.07) is 0. The van der Waals surface area contributed by atoms with Crippen molar-refractivity contribution in [3.63, 3.8) is 0 Å².